The van der Waals surface area contributed by atoms with Gasteiger partial charge < -0.3 is 26.8 Å². The molecule has 0 aliphatic carbocycles. The van der Waals surface area contributed by atoms with Crippen LogP contribution in [0.25, 0.3) is 0 Å². The quantitative estimate of drug-likeness (QED) is 0.520. The minimum atomic E-state index is -0.539. The maximum Gasteiger partial charge on any atom is 0.410 e. The molecular formula is C18H28N6O2. The van der Waals surface area contributed by atoms with E-state index in [0.717, 1.165) is 11.1 Å². The molecule has 6 N–H and O–H groups in total. The fraction of sp³-hybridized carbons (Fsp3) is 0.500. The Morgan fingerprint density at radius 3 is 2.46 bits per heavy atom. The SMILES string of the molecule is CC(C)(C)OC(=O)N1Cc2cc(N=C(N)N=C(N)N)ccc2C(C)(C)C1. The van der Waals surface area contributed by atoms with Gasteiger partial charge in [-0.15, -0.1) is 0 Å². The third-order valence-electron chi connectivity index (χ3n) is 3.90. The summed E-state index contributed by atoms with van der Waals surface area (Å²) in [4.78, 5) is 22.1. The van der Waals surface area contributed by atoms with Gasteiger partial charge in [0, 0.05) is 18.5 Å². The van der Waals surface area contributed by atoms with E-state index in [-0.39, 0.29) is 23.4 Å². The number of fused-ring (bicyclic) bond motifs is 1. The maximum atomic E-state index is 12.5. The standard InChI is InChI=1S/C18H28N6O2/c1-17(2,3)26-16(25)24-9-11-8-12(22-15(21)23-14(19)20)6-7-13(11)18(4,5)10-24/h6-8H,9-10H2,1-5H3,(H6,19,20,21,22,23). The van der Waals surface area contributed by atoms with Crippen LogP contribution in [-0.4, -0.2) is 35.1 Å². The number of carbonyl (C=O) groups excluding carboxylic acids is 1. The molecular weight excluding hydrogens is 332 g/mol. The number of nitrogens with zero attached hydrogens (tertiary/aromatic N) is 3. The Morgan fingerprint density at radius 2 is 1.88 bits per heavy atom. The molecule has 0 saturated carbocycles. The lowest BCUT2D eigenvalue weighted by molar-refractivity contribution is 0.0174. The van der Waals surface area contributed by atoms with E-state index in [2.05, 4.69) is 23.8 Å². The summed E-state index contributed by atoms with van der Waals surface area (Å²) in [6.07, 6.45) is -0.329. The number of guanidine groups is 2. The van der Waals surface area contributed by atoms with Crippen LogP contribution >= 0.6 is 0 Å². The van der Waals surface area contributed by atoms with Gasteiger partial charge in [0.2, 0.25) is 5.96 Å². The van der Waals surface area contributed by atoms with Crippen LogP contribution < -0.4 is 17.2 Å². The number of hydrogen-bond acceptors (Lipinski definition) is 3. The van der Waals surface area contributed by atoms with Crippen LogP contribution in [0, 0.1) is 0 Å². The van der Waals surface area contributed by atoms with Gasteiger partial charge in [-0.2, -0.15) is 4.99 Å². The summed E-state index contributed by atoms with van der Waals surface area (Å²) in [7, 11) is 0. The third-order valence-corrected chi connectivity index (χ3v) is 3.90. The second-order valence-electron chi connectivity index (χ2n) is 8.07. The Labute approximate surface area is 154 Å². The number of nitrogens with two attached hydrogens (primary N) is 3. The zero-order valence-electron chi connectivity index (χ0n) is 16.0. The highest BCUT2D eigenvalue weighted by Gasteiger charge is 2.35. The van der Waals surface area contributed by atoms with Gasteiger partial charge in [0.1, 0.15) is 5.60 Å². The molecule has 8 nitrogen and oxygen atoms in total. The first kappa shape index (κ1) is 19.6. The van der Waals surface area contributed by atoms with Crippen molar-refractivity contribution in [2.75, 3.05) is 6.54 Å². The summed E-state index contributed by atoms with van der Waals surface area (Å²) in [5, 5.41) is 0. The Morgan fingerprint density at radius 1 is 1.23 bits per heavy atom. The zero-order chi connectivity index (χ0) is 19.7. The van der Waals surface area contributed by atoms with Gasteiger partial charge in [0.25, 0.3) is 0 Å². The van der Waals surface area contributed by atoms with Crippen molar-refractivity contribution in [3.05, 3.63) is 29.3 Å². The molecule has 0 fully saturated rings. The number of benzene rings is 1. The third kappa shape index (κ3) is 4.87. The molecule has 2 rings (SSSR count). The van der Waals surface area contributed by atoms with Gasteiger partial charge in [-0.05, 0) is 44.0 Å². The summed E-state index contributed by atoms with van der Waals surface area (Å²) in [6.45, 7) is 10.8. The molecule has 1 aromatic rings. The molecule has 26 heavy (non-hydrogen) atoms. The van der Waals surface area contributed by atoms with Gasteiger partial charge in [-0.3, -0.25) is 0 Å². The Kier molecular flexibility index (Phi) is 5.16. The van der Waals surface area contributed by atoms with Crippen molar-refractivity contribution in [1.82, 2.24) is 4.90 Å². The van der Waals surface area contributed by atoms with Crippen molar-refractivity contribution in [2.24, 2.45) is 27.2 Å². The Balaban J connectivity index is 2.33. The van der Waals surface area contributed by atoms with Gasteiger partial charge in [0.05, 0.1) is 5.69 Å². The van der Waals surface area contributed by atoms with Gasteiger partial charge >= 0.3 is 6.09 Å². The number of amides is 1. The second-order valence-corrected chi connectivity index (χ2v) is 8.07. The summed E-state index contributed by atoms with van der Waals surface area (Å²) in [5.41, 5.74) is 18.3. The Bertz CT molecular complexity index is 757. The predicted octanol–water partition coefficient (Wildman–Crippen LogP) is 1.93. The van der Waals surface area contributed by atoms with Crippen LogP contribution in [0.5, 0.6) is 0 Å². The number of carbonyl (C=O) groups is 1. The maximum absolute atomic E-state index is 12.5. The van der Waals surface area contributed by atoms with Crippen molar-refractivity contribution in [3.63, 3.8) is 0 Å². The zero-order valence-corrected chi connectivity index (χ0v) is 16.0. The van der Waals surface area contributed by atoms with Crippen LogP contribution in [0.4, 0.5) is 10.5 Å². The minimum absolute atomic E-state index is 0.0241. The molecule has 1 aliphatic heterocycles. The number of hydrogen-bond donors (Lipinski definition) is 3. The topological polar surface area (TPSA) is 132 Å². The highest BCUT2D eigenvalue weighted by atomic mass is 16.6. The molecule has 142 valence electrons. The van der Waals surface area contributed by atoms with Crippen LogP contribution in [-0.2, 0) is 16.7 Å². The van der Waals surface area contributed by atoms with Crippen LogP contribution in [0.15, 0.2) is 28.2 Å². The first-order valence-electron chi connectivity index (χ1n) is 8.42. The van der Waals surface area contributed by atoms with Crippen LogP contribution in [0.3, 0.4) is 0 Å². The van der Waals surface area contributed by atoms with Gasteiger partial charge in [0.15, 0.2) is 5.96 Å². The smallest absolute Gasteiger partial charge is 0.410 e. The molecule has 0 atom stereocenters. The molecule has 0 saturated heterocycles. The van der Waals surface area contributed by atoms with Gasteiger partial charge in [-0.1, -0.05) is 19.9 Å². The highest BCUT2D eigenvalue weighted by Crippen LogP contribution is 2.35. The fourth-order valence-corrected chi connectivity index (χ4v) is 3.01. The summed E-state index contributed by atoms with van der Waals surface area (Å²) < 4.78 is 5.52. The second kappa shape index (κ2) is 6.86. The van der Waals surface area contributed by atoms with Crippen molar-refractivity contribution < 1.29 is 9.53 Å². The largest absolute Gasteiger partial charge is 0.444 e. The average molecular weight is 360 g/mol. The molecule has 0 unspecified atom stereocenters. The Hall–Kier alpha value is -2.77. The van der Waals surface area contributed by atoms with Crippen molar-refractivity contribution in [1.29, 1.82) is 0 Å². The van der Waals surface area contributed by atoms with E-state index >= 15 is 0 Å². The molecule has 8 heteroatoms. The monoisotopic (exact) mass is 360 g/mol. The molecule has 0 radical (unpaired) electrons. The lowest BCUT2D eigenvalue weighted by Crippen LogP contribution is -2.46. The van der Waals surface area contributed by atoms with E-state index in [1.165, 1.54) is 0 Å². The minimum Gasteiger partial charge on any atom is -0.444 e. The van der Waals surface area contributed by atoms with Crippen molar-refractivity contribution >= 4 is 23.7 Å². The van der Waals surface area contributed by atoms with E-state index in [9.17, 15) is 4.79 Å². The molecule has 1 aliphatic rings. The van der Waals surface area contributed by atoms with Crippen LogP contribution in [0.2, 0.25) is 0 Å². The average Bonchev–Trinajstić information content (AvgIpc) is 2.43. The predicted molar refractivity (Wildman–Crippen MR) is 103 cm³/mol. The number of aliphatic imine (C=N–C) groups is 2. The van der Waals surface area contributed by atoms with E-state index in [4.69, 9.17) is 21.9 Å². The number of rotatable bonds is 1. The molecule has 1 aromatic carbocycles. The lowest BCUT2D eigenvalue weighted by Gasteiger charge is -2.40. The highest BCUT2D eigenvalue weighted by molar-refractivity contribution is 5.93. The molecule has 0 bridgehead atoms. The normalized spacial score (nSPS) is 16.7. The van der Waals surface area contributed by atoms with E-state index in [1.807, 2.05) is 39.0 Å². The molecule has 1 heterocycles. The summed E-state index contributed by atoms with van der Waals surface area (Å²) in [6, 6.07) is 5.75. The molecule has 0 spiro atoms. The lowest BCUT2D eigenvalue weighted by atomic mass is 9.78. The van der Waals surface area contributed by atoms with E-state index < -0.39 is 5.60 Å². The number of ether oxygens (including phenoxy) is 1. The first-order valence-corrected chi connectivity index (χ1v) is 8.42. The van der Waals surface area contributed by atoms with Crippen molar-refractivity contribution in [3.8, 4) is 0 Å². The van der Waals surface area contributed by atoms with Crippen LogP contribution in [0.1, 0.15) is 45.7 Å². The molecule has 0 aromatic heterocycles. The summed E-state index contributed by atoms with van der Waals surface area (Å²) in [5.74, 6) is -0.175. The van der Waals surface area contributed by atoms with E-state index in [1.54, 1.807) is 4.90 Å². The van der Waals surface area contributed by atoms with Gasteiger partial charge in [-0.25, -0.2) is 9.79 Å². The van der Waals surface area contributed by atoms with Crippen molar-refractivity contribution in [2.45, 2.75) is 52.2 Å². The fourth-order valence-electron chi connectivity index (χ4n) is 3.01. The van der Waals surface area contributed by atoms with E-state index in [0.29, 0.717) is 18.8 Å². The first-order chi connectivity index (χ1) is 11.9. The summed E-state index contributed by atoms with van der Waals surface area (Å²) >= 11 is 0. The molecule has 1 amide bonds.